The minimum absolute atomic E-state index is 0.00706. The number of rotatable bonds is 7. The van der Waals surface area contributed by atoms with Gasteiger partial charge in [0.2, 0.25) is 0 Å². The molecule has 0 unspecified atom stereocenters. The SMILES string of the molecule is CCCC(F)(F)C(F)(F)c1ccc(-c2ccc(C3CCC(CC)CC3)cc2)cc1. The highest BCUT2D eigenvalue weighted by atomic mass is 19.3. The highest BCUT2D eigenvalue weighted by Gasteiger charge is 2.56. The molecule has 0 saturated heterocycles. The summed E-state index contributed by atoms with van der Waals surface area (Å²) in [6.45, 7) is 3.73. The second-order valence-electron chi connectivity index (χ2n) is 8.35. The van der Waals surface area contributed by atoms with Crippen molar-refractivity contribution < 1.29 is 17.6 Å². The van der Waals surface area contributed by atoms with Gasteiger partial charge in [-0.15, -0.1) is 0 Å². The molecule has 158 valence electrons. The Kier molecular flexibility index (Phi) is 6.70. The first kappa shape index (κ1) is 21.9. The standard InChI is InChI=1S/C25H30F4/c1-3-17-24(26,27)25(28,29)23-15-13-22(14-16-23)21-11-9-20(10-12-21)19-7-5-18(4-2)6-8-19/h9-16,18-19H,3-8,17H2,1-2H3. The highest BCUT2D eigenvalue weighted by molar-refractivity contribution is 5.64. The second kappa shape index (κ2) is 8.89. The first-order chi connectivity index (χ1) is 13.8. The Morgan fingerprint density at radius 3 is 1.76 bits per heavy atom. The van der Waals surface area contributed by atoms with Gasteiger partial charge in [0.25, 0.3) is 0 Å². The van der Waals surface area contributed by atoms with E-state index >= 15 is 0 Å². The fraction of sp³-hybridized carbons (Fsp3) is 0.520. The first-order valence-electron chi connectivity index (χ1n) is 10.7. The summed E-state index contributed by atoms with van der Waals surface area (Å²) in [6.07, 6.45) is 5.42. The topological polar surface area (TPSA) is 0 Å². The summed E-state index contributed by atoms with van der Waals surface area (Å²) in [5.74, 6) is -6.76. The van der Waals surface area contributed by atoms with Crippen LogP contribution in [0.25, 0.3) is 11.1 Å². The van der Waals surface area contributed by atoms with Gasteiger partial charge in [0.1, 0.15) is 0 Å². The monoisotopic (exact) mass is 406 g/mol. The molecule has 0 radical (unpaired) electrons. The molecule has 0 aliphatic heterocycles. The van der Waals surface area contributed by atoms with Crippen molar-refractivity contribution in [3.63, 3.8) is 0 Å². The number of hydrogen-bond donors (Lipinski definition) is 0. The van der Waals surface area contributed by atoms with E-state index in [-0.39, 0.29) is 6.42 Å². The van der Waals surface area contributed by atoms with Crippen LogP contribution in [0.1, 0.15) is 75.8 Å². The molecule has 0 spiro atoms. The fourth-order valence-electron chi connectivity index (χ4n) is 4.41. The Hall–Kier alpha value is -1.84. The van der Waals surface area contributed by atoms with E-state index in [1.165, 1.54) is 56.7 Å². The zero-order valence-electron chi connectivity index (χ0n) is 17.2. The maximum absolute atomic E-state index is 14.2. The summed E-state index contributed by atoms with van der Waals surface area (Å²) in [7, 11) is 0. The van der Waals surface area contributed by atoms with Gasteiger partial charge in [-0.3, -0.25) is 0 Å². The molecule has 3 rings (SSSR count). The zero-order valence-corrected chi connectivity index (χ0v) is 17.2. The molecule has 1 saturated carbocycles. The molecule has 0 amide bonds. The summed E-state index contributed by atoms with van der Waals surface area (Å²) in [5, 5.41) is 0. The van der Waals surface area contributed by atoms with Gasteiger partial charge in [-0.1, -0.05) is 75.2 Å². The van der Waals surface area contributed by atoms with Crippen molar-refractivity contribution in [2.75, 3.05) is 0 Å². The predicted molar refractivity (Wildman–Crippen MR) is 111 cm³/mol. The van der Waals surface area contributed by atoms with Crippen LogP contribution in [0.15, 0.2) is 48.5 Å². The molecule has 0 heterocycles. The van der Waals surface area contributed by atoms with Crippen LogP contribution >= 0.6 is 0 Å². The number of benzene rings is 2. The molecule has 2 aromatic carbocycles. The van der Waals surface area contributed by atoms with E-state index in [1.54, 1.807) is 0 Å². The molecule has 0 bridgehead atoms. The van der Waals surface area contributed by atoms with Gasteiger partial charge in [-0.25, -0.2) is 0 Å². The third-order valence-electron chi connectivity index (χ3n) is 6.41. The lowest BCUT2D eigenvalue weighted by molar-refractivity contribution is -0.219. The fourth-order valence-corrected chi connectivity index (χ4v) is 4.41. The van der Waals surface area contributed by atoms with E-state index in [0.717, 1.165) is 29.2 Å². The minimum atomic E-state index is -4.16. The van der Waals surface area contributed by atoms with Gasteiger partial charge in [-0.05, 0) is 54.2 Å². The molecular formula is C25H30F4. The Labute approximate surface area is 171 Å². The highest BCUT2D eigenvalue weighted by Crippen LogP contribution is 2.46. The average Bonchev–Trinajstić information content (AvgIpc) is 2.74. The van der Waals surface area contributed by atoms with Crippen molar-refractivity contribution in [2.24, 2.45) is 5.92 Å². The Balaban J connectivity index is 1.72. The predicted octanol–water partition coefficient (Wildman–Crippen LogP) is 8.56. The van der Waals surface area contributed by atoms with Crippen molar-refractivity contribution in [1.29, 1.82) is 0 Å². The van der Waals surface area contributed by atoms with Crippen LogP contribution < -0.4 is 0 Å². The van der Waals surface area contributed by atoms with Crippen molar-refractivity contribution in [3.8, 4) is 11.1 Å². The lowest BCUT2D eigenvalue weighted by Crippen LogP contribution is -2.37. The Morgan fingerprint density at radius 1 is 0.759 bits per heavy atom. The second-order valence-corrected chi connectivity index (χ2v) is 8.35. The summed E-state index contributed by atoms with van der Waals surface area (Å²) >= 11 is 0. The Bertz CT molecular complexity index is 769. The summed E-state index contributed by atoms with van der Waals surface area (Å²) in [6, 6.07) is 13.5. The number of hydrogen-bond acceptors (Lipinski definition) is 0. The van der Waals surface area contributed by atoms with Crippen molar-refractivity contribution in [3.05, 3.63) is 59.7 Å². The smallest absolute Gasteiger partial charge is 0.199 e. The summed E-state index contributed by atoms with van der Waals surface area (Å²) < 4.78 is 56.1. The third-order valence-corrected chi connectivity index (χ3v) is 6.41. The van der Waals surface area contributed by atoms with Gasteiger partial charge >= 0.3 is 11.8 Å². The van der Waals surface area contributed by atoms with E-state index in [1.807, 2.05) is 12.1 Å². The zero-order chi connectivity index (χ0) is 21.1. The summed E-state index contributed by atoms with van der Waals surface area (Å²) in [4.78, 5) is 0. The molecule has 1 aliphatic rings. The molecule has 0 atom stereocenters. The van der Waals surface area contributed by atoms with Crippen molar-refractivity contribution in [1.82, 2.24) is 0 Å². The van der Waals surface area contributed by atoms with Crippen LogP contribution in [0.3, 0.4) is 0 Å². The van der Waals surface area contributed by atoms with Crippen LogP contribution in [-0.4, -0.2) is 5.92 Å². The minimum Gasteiger partial charge on any atom is -0.199 e. The van der Waals surface area contributed by atoms with Crippen molar-refractivity contribution >= 4 is 0 Å². The van der Waals surface area contributed by atoms with Crippen LogP contribution in [0, 0.1) is 5.92 Å². The van der Waals surface area contributed by atoms with E-state index in [4.69, 9.17) is 0 Å². The largest absolute Gasteiger partial charge is 0.335 e. The molecule has 0 aromatic heterocycles. The quantitative estimate of drug-likeness (QED) is 0.404. The van der Waals surface area contributed by atoms with E-state index < -0.39 is 23.8 Å². The maximum Gasteiger partial charge on any atom is 0.335 e. The lowest BCUT2D eigenvalue weighted by Gasteiger charge is -2.28. The maximum atomic E-state index is 14.2. The summed E-state index contributed by atoms with van der Waals surface area (Å²) in [5.41, 5.74) is 2.35. The average molecular weight is 407 g/mol. The molecular weight excluding hydrogens is 376 g/mol. The Morgan fingerprint density at radius 2 is 1.28 bits per heavy atom. The van der Waals surface area contributed by atoms with E-state index in [2.05, 4.69) is 19.1 Å². The first-order valence-corrected chi connectivity index (χ1v) is 10.7. The van der Waals surface area contributed by atoms with Gasteiger partial charge < -0.3 is 0 Å². The van der Waals surface area contributed by atoms with Gasteiger partial charge in [0, 0.05) is 12.0 Å². The van der Waals surface area contributed by atoms with Crippen molar-refractivity contribution in [2.45, 2.75) is 76.6 Å². The van der Waals surface area contributed by atoms with E-state index in [9.17, 15) is 17.6 Å². The molecule has 1 aliphatic carbocycles. The molecule has 29 heavy (non-hydrogen) atoms. The molecule has 0 N–H and O–H groups in total. The van der Waals surface area contributed by atoms with Crippen LogP contribution in [0.5, 0.6) is 0 Å². The van der Waals surface area contributed by atoms with Crippen LogP contribution in [-0.2, 0) is 5.92 Å². The van der Waals surface area contributed by atoms with Crippen LogP contribution in [0.2, 0.25) is 0 Å². The van der Waals surface area contributed by atoms with E-state index in [0.29, 0.717) is 5.92 Å². The lowest BCUT2D eigenvalue weighted by atomic mass is 9.77. The van der Waals surface area contributed by atoms with Gasteiger partial charge in [0.05, 0.1) is 0 Å². The number of halogens is 4. The third kappa shape index (κ3) is 4.67. The van der Waals surface area contributed by atoms with Gasteiger partial charge in [-0.2, -0.15) is 17.6 Å². The molecule has 4 heteroatoms. The molecule has 1 fully saturated rings. The molecule has 0 nitrogen and oxygen atoms in total. The molecule has 2 aromatic rings. The number of alkyl halides is 4. The normalized spacial score (nSPS) is 20.6. The van der Waals surface area contributed by atoms with Crippen LogP contribution in [0.4, 0.5) is 17.6 Å². The van der Waals surface area contributed by atoms with Gasteiger partial charge in [0.15, 0.2) is 0 Å².